The first-order valence-corrected chi connectivity index (χ1v) is 15.2. The Hall–Kier alpha value is -4.06. The van der Waals surface area contributed by atoms with Crippen LogP contribution in [0.15, 0.2) is 48.7 Å². The Morgan fingerprint density at radius 2 is 2.00 bits per heavy atom. The highest BCUT2D eigenvalue weighted by Crippen LogP contribution is 2.32. The molecule has 12 heteroatoms. The molecule has 4 aromatic rings. The first kappa shape index (κ1) is 31.4. The fraction of sp³-hybridized carbons (Fsp3) is 0.406. The number of likely N-dealkylation sites (N-methyl/N-ethyl adjacent to an activating group) is 1. The van der Waals surface area contributed by atoms with Crippen molar-refractivity contribution in [2.24, 2.45) is 0 Å². The van der Waals surface area contributed by atoms with Crippen LogP contribution in [0.25, 0.3) is 22.3 Å². The van der Waals surface area contributed by atoms with Crippen LogP contribution in [0.2, 0.25) is 5.02 Å². The highest BCUT2D eigenvalue weighted by molar-refractivity contribution is 6.34. The van der Waals surface area contributed by atoms with Gasteiger partial charge in [0.2, 0.25) is 11.9 Å². The van der Waals surface area contributed by atoms with Crippen LogP contribution in [-0.2, 0) is 4.79 Å². The minimum atomic E-state index is -0.792. The molecule has 0 spiro atoms. The number of fused-ring (bicyclic) bond motifs is 1. The predicted octanol–water partition coefficient (Wildman–Crippen LogP) is 4.78. The van der Waals surface area contributed by atoms with Gasteiger partial charge in [-0.25, -0.2) is 9.97 Å². The summed E-state index contributed by atoms with van der Waals surface area (Å²) in [6, 6.07) is 12.8. The number of halogens is 1. The van der Waals surface area contributed by atoms with Crippen molar-refractivity contribution in [3.63, 3.8) is 0 Å². The van der Waals surface area contributed by atoms with Gasteiger partial charge in [0, 0.05) is 35.3 Å². The van der Waals surface area contributed by atoms with Gasteiger partial charge in [-0.15, -0.1) is 0 Å². The van der Waals surface area contributed by atoms with Crippen molar-refractivity contribution in [1.82, 2.24) is 30.4 Å². The molecule has 1 fully saturated rings. The van der Waals surface area contributed by atoms with Crippen LogP contribution < -0.4 is 16.0 Å². The molecule has 2 aromatic carbocycles. The van der Waals surface area contributed by atoms with Crippen LogP contribution >= 0.6 is 11.6 Å². The molecule has 5 N–H and O–H groups in total. The number of para-hydroxylation sites is 1. The molecule has 3 atom stereocenters. The van der Waals surface area contributed by atoms with Gasteiger partial charge in [-0.05, 0) is 83.5 Å². The largest absolute Gasteiger partial charge is 0.391 e. The number of nitrogens with one attached hydrogen (secondary N) is 4. The lowest BCUT2D eigenvalue weighted by atomic mass is 9.80. The summed E-state index contributed by atoms with van der Waals surface area (Å²) in [5, 5.41) is 28.3. The van der Waals surface area contributed by atoms with Crippen LogP contribution in [0.1, 0.15) is 54.9 Å². The molecule has 1 saturated carbocycles. The average Bonchev–Trinajstić information content (AvgIpc) is 3.38. The number of hydrogen-bond donors (Lipinski definition) is 5. The fourth-order valence-electron chi connectivity index (χ4n) is 5.81. The van der Waals surface area contributed by atoms with E-state index in [1.807, 2.05) is 52.2 Å². The van der Waals surface area contributed by atoms with Gasteiger partial charge in [0.1, 0.15) is 5.69 Å². The maximum Gasteiger partial charge on any atom is 0.251 e. The van der Waals surface area contributed by atoms with Crippen molar-refractivity contribution in [3.8, 4) is 11.4 Å². The number of hydrogen-bond acceptors (Lipinski definition) is 8. The van der Waals surface area contributed by atoms with E-state index in [1.165, 1.54) is 0 Å². The van der Waals surface area contributed by atoms with Gasteiger partial charge in [0.25, 0.3) is 5.91 Å². The van der Waals surface area contributed by atoms with Gasteiger partial charge in [0.05, 0.1) is 34.4 Å². The van der Waals surface area contributed by atoms with Crippen LogP contribution in [0.5, 0.6) is 0 Å². The van der Waals surface area contributed by atoms with Gasteiger partial charge in [-0.1, -0.05) is 29.8 Å². The molecule has 44 heavy (non-hydrogen) atoms. The first-order valence-electron chi connectivity index (χ1n) is 14.8. The number of aliphatic hydroxyl groups excluding tert-OH is 1. The summed E-state index contributed by atoms with van der Waals surface area (Å²) >= 11 is 6.43. The molecule has 2 heterocycles. The Kier molecular flexibility index (Phi) is 9.48. The van der Waals surface area contributed by atoms with E-state index in [0.29, 0.717) is 30.2 Å². The third kappa shape index (κ3) is 7.53. The number of amides is 2. The summed E-state index contributed by atoms with van der Waals surface area (Å²) in [6.45, 7) is 4.39. The van der Waals surface area contributed by atoms with Gasteiger partial charge >= 0.3 is 0 Å². The van der Waals surface area contributed by atoms with Crippen molar-refractivity contribution in [2.45, 2.75) is 63.6 Å². The Labute approximate surface area is 261 Å². The molecular formula is C32H39ClN8O3. The number of anilines is 2. The quantitative estimate of drug-likeness (QED) is 0.171. The number of aromatic amines is 1. The summed E-state index contributed by atoms with van der Waals surface area (Å²) in [6.07, 6.45) is 4.31. The number of nitrogens with zero attached hydrogens (tertiary/aromatic N) is 4. The number of benzene rings is 2. The third-order valence-electron chi connectivity index (χ3n) is 7.90. The number of carbonyl (C=O) groups is 2. The highest BCUT2D eigenvalue weighted by atomic mass is 35.5. The number of carbonyl (C=O) groups excluding carboxylic acids is 2. The summed E-state index contributed by atoms with van der Waals surface area (Å²) in [7, 11) is 3.65. The standard InChI is InChI=1S/C32H39ClN8O3/c1-19-17-34-31(37-28(19)29-23-9-5-6-10-25(23)39-40-29)35-21-8-7-13-32(2,16-21)38-30(44)20-11-12-26(24(33)14-20)36-27(43)15-22(42)18-41(3)4/h5-6,9-12,14,17,21-22,42H,7-8,13,15-16,18H2,1-4H3,(H,36,43)(H,38,44)(H,39,40)(H,34,35,37)/t21-,22?,32+/m1/s1. The second kappa shape index (κ2) is 13.3. The lowest BCUT2D eigenvalue weighted by Crippen LogP contribution is -2.51. The molecule has 0 radical (unpaired) electrons. The zero-order chi connectivity index (χ0) is 31.4. The first-order chi connectivity index (χ1) is 21.0. The van der Waals surface area contributed by atoms with Gasteiger partial charge in [-0.2, -0.15) is 5.10 Å². The predicted molar refractivity (Wildman–Crippen MR) is 173 cm³/mol. The van der Waals surface area contributed by atoms with E-state index >= 15 is 0 Å². The second-order valence-corrected chi connectivity index (χ2v) is 12.6. The molecule has 2 aromatic heterocycles. The highest BCUT2D eigenvalue weighted by Gasteiger charge is 2.34. The van der Waals surface area contributed by atoms with Gasteiger partial charge in [0.15, 0.2) is 0 Å². The zero-order valence-corrected chi connectivity index (χ0v) is 26.2. The normalized spacial score (nSPS) is 19.1. The topological polar surface area (TPSA) is 148 Å². The Morgan fingerprint density at radius 1 is 1.20 bits per heavy atom. The number of aliphatic hydroxyl groups is 1. The molecule has 0 saturated heterocycles. The van der Waals surface area contributed by atoms with E-state index < -0.39 is 11.6 Å². The van der Waals surface area contributed by atoms with E-state index in [0.717, 1.165) is 47.1 Å². The van der Waals surface area contributed by atoms with Crippen LogP contribution in [-0.4, -0.2) is 80.3 Å². The molecule has 1 unspecified atom stereocenters. The van der Waals surface area contributed by atoms with E-state index in [9.17, 15) is 14.7 Å². The van der Waals surface area contributed by atoms with Crippen molar-refractivity contribution >= 4 is 46.0 Å². The van der Waals surface area contributed by atoms with Crippen molar-refractivity contribution in [2.75, 3.05) is 31.3 Å². The zero-order valence-electron chi connectivity index (χ0n) is 25.4. The van der Waals surface area contributed by atoms with Crippen LogP contribution in [0.4, 0.5) is 11.6 Å². The monoisotopic (exact) mass is 618 g/mol. The van der Waals surface area contributed by atoms with Crippen molar-refractivity contribution < 1.29 is 14.7 Å². The van der Waals surface area contributed by atoms with Gasteiger partial charge in [-0.3, -0.25) is 14.7 Å². The molecule has 5 rings (SSSR count). The molecule has 0 aliphatic heterocycles. The fourth-order valence-corrected chi connectivity index (χ4v) is 6.03. The number of H-pyrrole nitrogens is 1. The summed E-state index contributed by atoms with van der Waals surface area (Å²) in [4.78, 5) is 36.8. The third-order valence-corrected chi connectivity index (χ3v) is 8.21. The number of rotatable bonds is 10. The lowest BCUT2D eigenvalue weighted by molar-refractivity contribution is -0.118. The minimum Gasteiger partial charge on any atom is -0.391 e. The smallest absolute Gasteiger partial charge is 0.251 e. The molecule has 11 nitrogen and oxygen atoms in total. The Morgan fingerprint density at radius 3 is 2.77 bits per heavy atom. The maximum atomic E-state index is 13.3. The maximum absolute atomic E-state index is 13.3. The van der Waals surface area contributed by atoms with E-state index in [-0.39, 0.29) is 29.3 Å². The summed E-state index contributed by atoms with van der Waals surface area (Å²) in [5.41, 5.74) is 3.77. The molecular weight excluding hydrogens is 580 g/mol. The molecule has 0 bridgehead atoms. The van der Waals surface area contributed by atoms with Crippen molar-refractivity contribution in [3.05, 3.63) is 64.8 Å². The molecule has 1 aliphatic carbocycles. The van der Waals surface area contributed by atoms with Gasteiger partial charge < -0.3 is 26.0 Å². The second-order valence-electron chi connectivity index (χ2n) is 12.2. The van der Waals surface area contributed by atoms with Crippen LogP contribution in [0.3, 0.4) is 0 Å². The van der Waals surface area contributed by atoms with E-state index in [4.69, 9.17) is 16.6 Å². The molecule has 1 aliphatic rings. The molecule has 232 valence electrons. The minimum absolute atomic E-state index is 0.0564. The van der Waals surface area contributed by atoms with E-state index in [2.05, 4.69) is 31.1 Å². The van der Waals surface area contributed by atoms with Crippen LogP contribution in [0, 0.1) is 6.92 Å². The summed E-state index contributed by atoms with van der Waals surface area (Å²) in [5.74, 6) is -0.0698. The Balaban J connectivity index is 1.21. The van der Waals surface area contributed by atoms with Crippen molar-refractivity contribution in [1.29, 1.82) is 0 Å². The number of aromatic nitrogens is 4. The van der Waals surface area contributed by atoms with E-state index in [1.54, 1.807) is 29.3 Å². The lowest BCUT2D eigenvalue weighted by Gasteiger charge is -2.39. The Bertz CT molecular complexity index is 1660. The SMILES string of the molecule is Cc1cnc(N[C@@H]2CCC[C@](C)(NC(=O)c3ccc(NC(=O)CC(O)CN(C)C)c(Cl)c3)C2)nc1-c1n[nH]c2ccccc12. The number of aryl methyl sites for hydroxylation is 1. The summed E-state index contributed by atoms with van der Waals surface area (Å²) < 4.78 is 0. The molecule has 2 amide bonds. The average molecular weight is 619 g/mol.